The zero-order valence-electron chi connectivity index (χ0n) is 16.8. The minimum atomic E-state index is -0.743. The number of carbonyl (C=O) groups is 1. The molecule has 1 fully saturated rings. The molecule has 1 heterocycles. The van der Waals surface area contributed by atoms with Gasteiger partial charge in [0, 0.05) is 40.6 Å². The van der Waals surface area contributed by atoms with Crippen LogP contribution in [0.2, 0.25) is 0 Å². The van der Waals surface area contributed by atoms with Gasteiger partial charge in [-0.3, -0.25) is 9.36 Å². The summed E-state index contributed by atoms with van der Waals surface area (Å²) in [5, 5.41) is 2.97. The molecule has 0 aromatic carbocycles. The van der Waals surface area contributed by atoms with Gasteiger partial charge in [0.05, 0.1) is 6.04 Å². The van der Waals surface area contributed by atoms with Gasteiger partial charge in [0.1, 0.15) is 45.0 Å². The highest BCUT2D eigenvalue weighted by molar-refractivity contribution is 7.80. The van der Waals surface area contributed by atoms with E-state index >= 15 is 0 Å². The highest BCUT2D eigenvalue weighted by Gasteiger charge is 2.55. The average Bonchev–Trinajstić information content (AvgIpc) is 3.31. The van der Waals surface area contributed by atoms with E-state index in [2.05, 4.69) is 10.3 Å². The van der Waals surface area contributed by atoms with Gasteiger partial charge in [-0.15, -0.1) is 0 Å². The van der Waals surface area contributed by atoms with Crippen LogP contribution in [0.1, 0.15) is 6.92 Å². The highest BCUT2D eigenvalue weighted by Crippen LogP contribution is 2.32. The number of methoxy groups -OCH3 is 3. The van der Waals surface area contributed by atoms with Crippen molar-refractivity contribution in [2.45, 2.75) is 37.4 Å². The molecule has 1 N–H and O–H groups in total. The van der Waals surface area contributed by atoms with Crippen molar-refractivity contribution in [2.24, 2.45) is 0 Å². The standard InChI is InChI=1S/C17H27N3O8S/c1-11(21)19-12-13(25-8-22-2)15(26-9-23-3)16(27-10-24-4)14(12)28-17(29)20-6-5-18-7-20/h5-7,12-16H,8-10H2,1-4H3,(H,19,21)/t12-,13-,14-,15+,16+/m1/s1. The van der Waals surface area contributed by atoms with Gasteiger partial charge in [-0.05, 0) is 12.2 Å². The molecule has 1 aliphatic carbocycles. The first-order chi connectivity index (χ1) is 14.0. The van der Waals surface area contributed by atoms with E-state index in [1.165, 1.54) is 39.1 Å². The zero-order chi connectivity index (χ0) is 21.2. The lowest BCUT2D eigenvalue weighted by Gasteiger charge is -2.27. The highest BCUT2D eigenvalue weighted by atomic mass is 32.1. The van der Waals surface area contributed by atoms with Crippen molar-refractivity contribution in [3.05, 3.63) is 18.7 Å². The quantitative estimate of drug-likeness (QED) is 0.375. The molecule has 1 saturated carbocycles. The molecule has 12 heteroatoms. The van der Waals surface area contributed by atoms with Crippen LogP contribution in [0.5, 0.6) is 0 Å². The number of nitrogens with zero attached hydrogens (tertiary/aromatic N) is 2. The summed E-state index contributed by atoms with van der Waals surface area (Å²) in [6.45, 7) is 1.32. The predicted molar refractivity (Wildman–Crippen MR) is 103 cm³/mol. The summed E-state index contributed by atoms with van der Waals surface area (Å²) in [5.74, 6) is -0.277. The first-order valence-electron chi connectivity index (χ1n) is 8.81. The predicted octanol–water partition coefficient (Wildman–Crippen LogP) is -0.113. The lowest BCUT2D eigenvalue weighted by molar-refractivity contribution is -0.192. The monoisotopic (exact) mass is 433 g/mol. The SMILES string of the molecule is COCO[C@@H]1[C@@H](OCOC)[C@H](OC(=S)n2ccnc2)[C@H](NC(C)=O)[C@H]1OCOC. The van der Waals surface area contributed by atoms with Crippen molar-refractivity contribution < 1.29 is 38.0 Å². The molecular weight excluding hydrogens is 406 g/mol. The summed E-state index contributed by atoms with van der Waals surface area (Å²) in [7, 11) is 4.49. The topological polar surface area (TPSA) is 112 Å². The second-order valence-corrected chi connectivity index (χ2v) is 6.51. The van der Waals surface area contributed by atoms with Crippen LogP contribution in [0.25, 0.3) is 0 Å². The van der Waals surface area contributed by atoms with Crippen LogP contribution >= 0.6 is 12.2 Å². The number of hydrogen-bond acceptors (Lipinski definition) is 10. The molecule has 0 saturated heterocycles. The number of hydrogen-bond donors (Lipinski definition) is 1. The largest absolute Gasteiger partial charge is 0.462 e. The van der Waals surface area contributed by atoms with Crippen molar-refractivity contribution in [2.75, 3.05) is 41.7 Å². The summed E-state index contributed by atoms with van der Waals surface area (Å²) in [5.41, 5.74) is 0. The maximum absolute atomic E-state index is 11.9. The van der Waals surface area contributed by atoms with Crippen LogP contribution in [0, 0.1) is 0 Å². The molecule has 0 radical (unpaired) electrons. The second-order valence-electron chi connectivity index (χ2n) is 6.16. The summed E-state index contributed by atoms with van der Waals surface area (Å²) in [6.07, 6.45) is 1.97. The van der Waals surface area contributed by atoms with E-state index in [1.807, 2.05) is 0 Å². The third kappa shape index (κ3) is 6.40. The first-order valence-corrected chi connectivity index (χ1v) is 9.22. The molecule has 1 aromatic rings. The molecule has 29 heavy (non-hydrogen) atoms. The smallest absolute Gasteiger partial charge is 0.269 e. The minimum Gasteiger partial charge on any atom is -0.462 e. The third-order valence-corrected chi connectivity index (χ3v) is 4.44. The Bertz CT molecular complexity index is 632. The van der Waals surface area contributed by atoms with Crippen LogP contribution in [-0.4, -0.2) is 92.8 Å². The fourth-order valence-electron chi connectivity index (χ4n) is 3.07. The number of thiocarbonyl (C=S) groups is 1. The van der Waals surface area contributed by atoms with Gasteiger partial charge in [-0.25, -0.2) is 4.98 Å². The third-order valence-electron chi connectivity index (χ3n) is 4.14. The van der Waals surface area contributed by atoms with Gasteiger partial charge < -0.3 is 38.5 Å². The van der Waals surface area contributed by atoms with Gasteiger partial charge in [-0.2, -0.15) is 0 Å². The molecule has 0 aliphatic heterocycles. The number of ether oxygens (including phenoxy) is 7. The summed E-state index contributed by atoms with van der Waals surface area (Å²) in [4.78, 5) is 15.8. The average molecular weight is 433 g/mol. The van der Waals surface area contributed by atoms with Gasteiger partial charge >= 0.3 is 0 Å². The van der Waals surface area contributed by atoms with Crippen molar-refractivity contribution in [1.29, 1.82) is 0 Å². The van der Waals surface area contributed by atoms with Crippen LogP contribution < -0.4 is 5.32 Å². The normalized spacial score (nSPS) is 26.4. The van der Waals surface area contributed by atoms with E-state index in [0.29, 0.717) is 0 Å². The molecule has 0 bridgehead atoms. The summed E-state index contributed by atoms with van der Waals surface area (Å²) < 4.78 is 40.1. The molecule has 5 atom stereocenters. The van der Waals surface area contributed by atoms with Crippen molar-refractivity contribution in [1.82, 2.24) is 14.9 Å². The molecule has 1 aliphatic rings. The Morgan fingerprint density at radius 3 is 2.03 bits per heavy atom. The Hall–Kier alpha value is -1.67. The maximum Gasteiger partial charge on any atom is 0.269 e. The molecule has 2 rings (SSSR count). The lowest BCUT2D eigenvalue weighted by atomic mass is 10.1. The van der Waals surface area contributed by atoms with Gasteiger partial charge in [0.2, 0.25) is 5.91 Å². The molecule has 11 nitrogen and oxygen atoms in total. The molecule has 0 unspecified atom stereocenters. The molecule has 0 spiro atoms. The van der Waals surface area contributed by atoms with Gasteiger partial charge in [0.15, 0.2) is 6.10 Å². The Kier molecular flexibility index (Phi) is 9.87. The van der Waals surface area contributed by atoms with E-state index < -0.39 is 30.5 Å². The van der Waals surface area contributed by atoms with Crippen molar-refractivity contribution in [3.63, 3.8) is 0 Å². The Morgan fingerprint density at radius 2 is 1.55 bits per heavy atom. The molecule has 1 amide bonds. The van der Waals surface area contributed by atoms with Crippen molar-refractivity contribution in [3.8, 4) is 0 Å². The van der Waals surface area contributed by atoms with E-state index in [1.54, 1.807) is 12.4 Å². The number of aromatic nitrogens is 2. The van der Waals surface area contributed by atoms with E-state index in [9.17, 15) is 4.79 Å². The van der Waals surface area contributed by atoms with Crippen molar-refractivity contribution >= 4 is 23.3 Å². The van der Waals surface area contributed by atoms with E-state index in [4.69, 9.17) is 45.4 Å². The fraction of sp³-hybridized carbons (Fsp3) is 0.706. The van der Waals surface area contributed by atoms with E-state index in [-0.39, 0.29) is 31.5 Å². The Morgan fingerprint density at radius 1 is 1.00 bits per heavy atom. The Labute approximate surface area is 174 Å². The van der Waals surface area contributed by atoms with Gasteiger partial charge in [-0.1, -0.05) is 0 Å². The maximum atomic E-state index is 11.9. The zero-order valence-corrected chi connectivity index (χ0v) is 17.6. The molecular formula is C17H27N3O8S. The number of nitrogens with one attached hydrogen (secondary N) is 1. The number of imidazole rings is 1. The van der Waals surface area contributed by atoms with Crippen LogP contribution in [-0.2, 0) is 38.0 Å². The van der Waals surface area contributed by atoms with Crippen LogP contribution in [0.4, 0.5) is 0 Å². The number of carbonyl (C=O) groups excluding carboxylic acids is 1. The van der Waals surface area contributed by atoms with Crippen LogP contribution in [0.3, 0.4) is 0 Å². The van der Waals surface area contributed by atoms with E-state index in [0.717, 1.165) is 0 Å². The fourth-order valence-corrected chi connectivity index (χ4v) is 3.29. The number of rotatable bonds is 11. The second kappa shape index (κ2) is 12.1. The minimum absolute atomic E-state index is 0.0180. The number of amides is 1. The summed E-state index contributed by atoms with van der Waals surface area (Å²) >= 11 is 5.37. The van der Waals surface area contributed by atoms with Gasteiger partial charge in [0.25, 0.3) is 5.17 Å². The summed E-state index contributed by atoms with van der Waals surface area (Å²) in [6, 6.07) is -0.646. The van der Waals surface area contributed by atoms with Crippen LogP contribution in [0.15, 0.2) is 18.7 Å². The molecule has 164 valence electrons. The Balaban J connectivity index is 2.33. The first kappa shape index (κ1) is 23.6. The molecule has 1 aromatic heterocycles. The lowest BCUT2D eigenvalue weighted by Crippen LogP contribution is -2.50.